The Kier molecular flexibility index (Phi) is 5.48. The van der Waals surface area contributed by atoms with E-state index in [0.717, 1.165) is 30.0 Å². The second-order valence-corrected chi connectivity index (χ2v) is 5.39. The van der Waals surface area contributed by atoms with Gasteiger partial charge in [-0.2, -0.15) is 0 Å². The fourth-order valence-electron chi connectivity index (χ4n) is 2.00. The Balaban J connectivity index is 2.05. The first-order chi connectivity index (χ1) is 9.70. The highest BCUT2D eigenvalue weighted by Crippen LogP contribution is 2.32. The van der Waals surface area contributed by atoms with Crippen molar-refractivity contribution in [2.24, 2.45) is 0 Å². The minimum Gasteiger partial charge on any atom is -0.490 e. The van der Waals surface area contributed by atoms with Crippen LogP contribution in [0.2, 0.25) is 0 Å². The number of hydrogen-bond acceptors (Lipinski definition) is 3. The molecular weight excluding hydrogens is 250 g/mol. The fourth-order valence-corrected chi connectivity index (χ4v) is 2.00. The van der Waals surface area contributed by atoms with Crippen molar-refractivity contribution in [2.75, 3.05) is 13.2 Å². The van der Waals surface area contributed by atoms with Gasteiger partial charge in [0, 0.05) is 24.6 Å². The van der Waals surface area contributed by atoms with Crippen LogP contribution in [0.25, 0.3) is 0 Å². The molecule has 20 heavy (non-hydrogen) atoms. The minimum absolute atomic E-state index is 0.649. The van der Waals surface area contributed by atoms with Gasteiger partial charge in [-0.1, -0.05) is 17.7 Å². The molecule has 1 aliphatic rings. The Morgan fingerprint density at radius 1 is 1.35 bits per heavy atom. The molecule has 1 aliphatic carbocycles. The zero-order valence-corrected chi connectivity index (χ0v) is 12.6. The van der Waals surface area contributed by atoms with Gasteiger partial charge in [0.2, 0.25) is 0 Å². The Hall–Kier alpha value is -1.48. The molecule has 0 radical (unpaired) electrons. The average molecular weight is 275 g/mol. The number of nitrogens with one attached hydrogen (secondary N) is 1. The molecule has 0 unspecified atom stereocenters. The van der Waals surface area contributed by atoms with Gasteiger partial charge in [0.15, 0.2) is 11.5 Å². The fraction of sp³-hybridized carbons (Fsp3) is 0.529. The molecule has 110 valence electrons. The molecule has 0 amide bonds. The molecule has 0 atom stereocenters. The molecule has 2 rings (SSSR count). The van der Waals surface area contributed by atoms with Crippen molar-refractivity contribution in [1.29, 1.82) is 0 Å². The van der Waals surface area contributed by atoms with Crippen LogP contribution < -0.4 is 14.8 Å². The zero-order chi connectivity index (χ0) is 14.4. The Bertz CT molecular complexity index is 452. The van der Waals surface area contributed by atoms with Crippen LogP contribution in [0.4, 0.5) is 0 Å². The zero-order valence-electron chi connectivity index (χ0n) is 12.6. The van der Waals surface area contributed by atoms with Gasteiger partial charge in [0.1, 0.15) is 0 Å². The molecule has 3 heteroatoms. The molecule has 1 aromatic carbocycles. The highest BCUT2D eigenvalue weighted by Gasteiger charge is 2.21. The summed E-state index contributed by atoms with van der Waals surface area (Å²) in [5, 5.41) is 3.53. The third-order valence-corrected chi connectivity index (χ3v) is 3.29. The van der Waals surface area contributed by atoms with E-state index in [2.05, 4.69) is 18.0 Å². The van der Waals surface area contributed by atoms with Gasteiger partial charge in [-0.3, -0.25) is 0 Å². The summed E-state index contributed by atoms with van der Waals surface area (Å²) in [7, 11) is 0. The second kappa shape index (κ2) is 7.34. The van der Waals surface area contributed by atoms with Crippen molar-refractivity contribution >= 4 is 0 Å². The smallest absolute Gasteiger partial charge is 0.165 e. The lowest BCUT2D eigenvalue weighted by molar-refractivity contribution is 0.276. The standard InChI is InChI=1S/C17H25NO2/c1-4-19-16-7-5-6-14(12-18-15-8-9-15)17(16)20-11-10-13(2)3/h5-7,15,18H,2,4,8-12H2,1,3H3. The van der Waals surface area contributed by atoms with Crippen LogP contribution in [0.15, 0.2) is 30.4 Å². The molecule has 1 saturated carbocycles. The molecular formula is C17H25NO2. The maximum Gasteiger partial charge on any atom is 0.165 e. The van der Waals surface area contributed by atoms with E-state index in [9.17, 15) is 0 Å². The summed E-state index contributed by atoms with van der Waals surface area (Å²) in [6, 6.07) is 6.79. The van der Waals surface area contributed by atoms with Gasteiger partial charge >= 0.3 is 0 Å². The molecule has 0 saturated heterocycles. The van der Waals surface area contributed by atoms with E-state index < -0.39 is 0 Å². The van der Waals surface area contributed by atoms with Gasteiger partial charge in [0.25, 0.3) is 0 Å². The molecule has 0 heterocycles. The summed E-state index contributed by atoms with van der Waals surface area (Å²) in [5.74, 6) is 1.72. The SMILES string of the molecule is C=C(C)CCOc1c(CNC2CC2)cccc1OCC. The monoisotopic (exact) mass is 275 g/mol. The largest absolute Gasteiger partial charge is 0.490 e. The third kappa shape index (κ3) is 4.57. The normalized spacial score (nSPS) is 14.1. The van der Waals surface area contributed by atoms with Crippen LogP contribution >= 0.6 is 0 Å². The highest BCUT2D eigenvalue weighted by molar-refractivity contribution is 5.46. The molecule has 0 aliphatic heterocycles. The van der Waals surface area contributed by atoms with Gasteiger partial charge in [-0.15, -0.1) is 6.58 Å². The lowest BCUT2D eigenvalue weighted by Crippen LogP contribution is -2.16. The number of hydrogen-bond donors (Lipinski definition) is 1. The minimum atomic E-state index is 0.649. The first kappa shape index (κ1) is 14.9. The molecule has 1 N–H and O–H groups in total. The predicted octanol–water partition coefficient (Wildman–Crippen LogP) is 3.68. The van der Waals surface area contributed by atoms with E-state index in [-0.39, 0.29) is 0 Å². The number of ether oxygens (including phenoxy) is 2. The summed E-state index contributed by atoms with van der Waals surface area (Å²) in [4.78, 5) is 0. The van der Waals surface area contributed by atoms with Crippen LogP contribution in [0.1, 0.15) is 38.7 Å². The maximum absolute atomic E-state index is 5.96. The summed E-state index contributed by atoms with van der Waals surface area (Å²) in [5.41, 5.74) is 2.31. The van der Waals surface area contributed by atoms with E-state index in [1.54, 1.807) is 0 Å². The molecule has 0 spiro atoms. The number of benzene rings is 1. The Morgan fingerprint density at radius 3 is 2.80 bits per heavy atom. The van der Waals surface area contributed by atoms with Crippen LogP contribution in [-0.4, -0.2) is 19.3 Å². The number of rotatable bonds is 9. The highest BCUT2D eigenvalue weighted by atomic mass is 16.5. The van der Waals surface area contributed by atoms with E-state index >= 15 is 0 Å². The van der Waals surface area contributed by atoms with Crippen molar-refractivity contribution in [3.8, 4) is 11.5 Å². The van der Waals surface area contributed by atoms with Gasteiger partial charge < -0.3 is 14.8 Å². The molecule has 3 nitrogen and oxygen atoms in total. The third-order valence-electron chi connectivity index (χ3n) is 3.29. The van der Waals surface area contributed by atoms with E-state index in [1.165, 1.54) is 18.4 Å². The van der Waals surface area contributed by atoms with Crippen molar-refractivity contribution < 1.29 is 9.47 Å². The van der Waals surface area contributed by atoms with Crippen molar-refractivity contribution in [2.45, 2.75) is 45.7 Å². The van der Waals surface area contributed by atoms with E-state index in [1.807, 2.05) is 26.0 Å². The van der Waals surface area contributed by atoms with Crippen molar-refractivity contribution in [3.05, 3.63) is 35.9 Å². The second-order valence-electron chi connectivity index (χ2n) is 5.39. The molecule has 1 fully saturated rings. The van der Waals surface area contributed by atoms with Crippen LogP contribution in [0.5, 0.6) is 11.5 Å². The van der Waals surface area contributed by atoms with E-state index in [0.29, 0.717) is 19.3 Å². The number of para-hydroxylation sites is 1. The summed E-state index contributed by atoms with van der Waals surface area (Å²) >= 11 is 0. The lowest BCUT2D eigenvalue weighted by Gasteiger charge is -2.16. The first-order valence-electron chi connectivity index (χ1n) is 7.46. The topological polar surface area (TPSA) is 30.5 Å². The van der Waals surface area contributed by atoms with Crippen LogP contribution in [0, 0.1) is 0 Å². The molecule has 0 bridgehead atoms. The summed E-state index contributed by atoms with van der Waals surface area (Å²) in [6.45, 7) is 10.1. The molecule has 0 aromatic heterocycles. The van der Waals surface area contributed by atoms with Crippen LogP contribution in [0.3, 0.4) is 0 Å². The molecule has 1 aromatic rings. The van der Waals surface area contributed by atoms with Gasteiger partial charge in [0.05, 0.1) is 13.2 Å². The first-order valence-corrected chi connectivity index (χ1v) is 7.46. The Labute approximate surface area is 122 Å². The van der Waals surface area contributed by atoms with Gasteiger partial charge in [-0.25, -0.2) is 0 Å². The quantitative estimate of drug-likeness (QED) is 0.697. The average Bonchev–Trinajstić information content (AvgIpc) is 3.22. The van der Waals surface area contributed by atoms with Crippen molar-refractivity contribution in [1.82, 2.24) is 5.32 Å². The van der Waals surface area contributed by atoms with Gasteiger partial charge in [-0.05, 0) is 32.8 Å². The van der Waals surface area contributed by atoms with E-state index in [4.69, 9.17) is 9.47 Å². The lowest BCUT2D eigenvalue weighted by atomic mass is 10.1. The summed E-state index contributed by atoms with van der Waals surface area (Å²) < 4.78 is 11.6. The predicted molar refractivity (Wildman–Crippen MR) is 82.4 cm³/mol. The van der Waals surface area contributed by atoms with Crippen LogP contribution in [-0.2, 0) is 6.54 Å². The maximum atomic E-state index is 5.96. The van der Waals surface area contributed by atoms with Crippen molar-refractivity contribution in [3.63, 3.8) is 0 Å². The summed E-state index contributed by atoms with van der Waals surface area (Å²) in [6.07, 6.45) is 3.45. The Morgan fingerprint density at radius 2 is 2.15 bits per heavy atom.